The van der Waals surface area contributed by atoms with E-state index < -0.39 is 5.97 Å². The predicted molar refractivity (Wildman–Crippen MR) is 229 cm³/mol. The van der Waals surface area contributed by atoms with Gasteiger partial charge in [-0.05, 0) is 164 Å². The molecule has 2 amide bonds. The Morgan fingerprint density at radius 2 is 1.60 bits per heavy atom. The van der Waals surface area contributed by atoms with E-state index in [1.807, 2.05) is 18.2 Å². The summed E-state index contributed by atoms with van der Waals surface area (Å²) in [5.41, 5.74) is 4.39. The first kappa shape index (κ1) is 40.5. The zero-order valence-corrected chi connectivity index (χ0v) is 36.6. The minimum Gasteiger partial charge on any atom is -0.478 e. The van der Waals surface area contributed by atoms with Crippen molar-refractivity contribution in [2.45, 2.75) is 129 Å². The molecule has 7 heteroatoms. The van der Waals surface area contributed by atoms with Gasteiger partial charge in [0, 0.05) is 22.1 Å². The molecule has 0 saturated heterocycles. The fourth-order valence-corrected chi connectivity index (χ4v) is 15.5. The van der Waals surface area contributed by atoms with Crippen LogP contribution >= 0.6 is 22.6 Å². The largest absolute Gasteiger partial charge is 0.478 e. The Bertz CT molecular complexity index is 1860. The maximum absolute atomic E-state index is 14.8. The molecule has 0 radical (unpaired) electrons. The van der Waals surface area contributed by atoms with Crippen molar-refractivity contribution < 1.29 is 19.5 Å². The summed E-state index contributed by atoms with van der Waals surface area (Å²) >= 11 is 2.98. The number of alkyl halides is 1. The molecule has 0 spiro atoms. The number of hydrogen-bond acceptors (Lipinski definition) is 3. The second-order valence-corrected chi connectivity index (χ2v) is 21.9. The number of hydrogen-bond donors (Lipinski definition) is 3. The summed E-state index contributed by atoms with van der Waals surface area (Å²) < 4.78 is 0.175. The Morgan fingerprint density at radius 3 is 2.33 bits per heavy atom. The molecule has 2 aromatic rings. The van der Waals surface area contributed by atoms with Crippen LogP contribution in [-0.2, 0) is 11.3 Å². The summed E-state index contributed by atoms with van der Waals surface area (Å²) in [6.07, 6.45) is 11.9. The summed E-state index contributed by atoms with van der Waals surface area (Å²) in [6.45, 7) is 22.7. The van der Waals surface area contributed by atoms with Gasteiger partial charge in [-0.25, -0.2) is 4.79 Å². The van der Waals surface area contributed by atoms with Gasteiger partial charge >= 0.3 is 5.97 Å². The van der Waals surface area contributed by atoms with E-state index in [2.05, 4.69) is 88.3 Å². The van der Waals surface area contributed by atoms with Crippen molar-refractivity contribution in [3.8, 4) is 0 Å². The van der Waals surface area contributed by atoms with Crippen molar-refractivity contribution in [3.63, 3.8) is 0 Å². The highest BCUT2D eigenvalue weighted by molar-refractivity contribution is 14.1. The Kier molecular flexibility index (Phi) is 10.8. The van der Waals surface area contributed by atoms with Crippen LogP contribution in [0, 0.1) is 57.2 Å². The van der Waals surface area contributed by atoms with Crippen LogP contribution in [0.25, 0.3) is 0 Å². The van der Waals surface area contributed by atoms with Gasteiger partial charge in [-0.15, -0.1) is 0 Å². The Hall–Kier alpha value is -2.68. The third-order valence-electron chi connectivity index (χ3n) is 17.2. The van der Waals surface area contributed by atoms with Crippen LogP contribution in [0.2, 0.25) is 0 Å². The molecule has 298 valence electrons. The van der Waals surface area contributed by atoms with E-state index in [0.29, 0.717) is 40.7 Å². The summed E-state index contributed by atoms with van der Waals surface area (Å²) in [6, 6.07) is 14.3. The van der Waals surface area contributed by atoms with Crippen LogP contribution in [0.3, 0.4) is 0 Å². The van der Waals surface area contributed by atoms with Gasteiger partial charge in [0.2, 0.25) is 5.91 Å². The zero-order chi connectivity index (χ0) is 39.7. The Morgan fingerprint density at radius 1 is 0.873 bits per heavy atom. The molecule has 5 aliphatic rings. The highest BCUT2D eigenvalue weighted by atomic mass is 127. The van der Waals surface area contributed by atoms with Crippen molar-refractivity contribution in [3.05, 3.63) is 82.9 Å². The second-order valence-electron chi connectivity index (χ2n) is 20.0. The number of allylic oxidation sites excluding steroid dienone is 1. The quantitative estimate of drug-likeness (QED) is 0.133. The number of carboxylic acid groups (broad SMARTS) is 1. The molecule has 0 heterocycles. The molecule has 10 unspecified atom stereocenters. The molecular formula is C48H65IN2O4. The minimum absolute atomic E-state index is 0.0251. The van der Waals surface area contributed by atoms with Crippen molar-refractivity contribution in [1.29, 1.82) is 0 Å². The molecule has 55 heavy (non-hydrogen) atoms. The van der Waals surface area contributed by atoms with E-state index in [-0.39, 0.29) is 44.1 Å². The number of carboxylic acids is 1. The lowest BCUT2D eigenvalue weighted by molar-refractivity contribution is -0.192. The number of fused-ring (bicyclic) bond motifs is 7. The molecule has 0 aliphatic heterocycles. The fraction of sp³-hybridized carbons (Fsp3) is 0.646. The monoisotopic (exact) mass is 860 g/mol. The summed E-state index contributed by atoms with van der Waals surface area (Å²) in [7, 11) is 0. The maximum Gasteiger partial charge on any atom is 0.335 e. The molecule has 2 aromatic carbocycles. The lowest BCUT2D eigenvalue weighted by Gasteiger charge is -2.72. The summed E-state index contributed by atoms with van der Waals surface area (Å²) in [5, 5.41) is 15.8. The molecule has 0 bridgehead atoms. The van der Waals surface area contributed by atoms with E-state index in [9.17, 15) is 19.5 Å². The third-order valence-corrected chi connectivity index (χ3v) is 19.8. The van der Waals surface area contributed by atoms with Gasteiger partial charge in [-0.2, -0.15) is 0 Å². The number of carbonyl (C=O) groups is 3. The molecule has 3 N–H and O–H groups in total. The highest BCUT2D eigenvalue weighted by Gasteiger charge is 2.72. The number of halogens is 1. The van der Waals surface area contributed by atoms with Crippen molar-refractivity contribution in [2.24, 2.45) is 57.2 Å². The number of rotatable bonds is 9. The van der Waals surface area contributed by atoms with E-state index in [4.69, 9.17) is 0 Å². The average Bonchev–Trinajstić information content (AvgIpc) is 3.56. The van der Waals surface area contributed by atoms with Gasteiger partial charge in [0.25, 0.3) is 5.91 Å². The number of benzene rings is 2. The number of amides is 2. The molecule has 7 rings (SSSR count). The number of nitrogens with one attached hydrogen (secondary N) is 2. The molecule has 0 aromatic heterocycles. The molecule has 11 atom stereocenters. The van der Waals surface area contributed by atoms with E-state index in [1.54, 1.807) is 30.3 Å². The highest BCUT2D eigenvalue weighted by Crippen LogP contribution is 2.77. The molecular weight excluding hydrogens is 795 g/mol. The molecule has 5 saturated carbocycles. The first-order valence-corrected chi connectivity index (χ1v) is 22.3. The van der Waals surface area contributed by atoms with Crippen LogP contribution in [0.1, 0.15) is 150 Å². The van der Waals surface area contributed by atoms with Crippen LogP contribution in [0.4, 0.5) is 0 Å². The zero-order valence-electron chi connectivity index (χ0n) is 34.4. The Labute approximate surface area is 344 Å². The third kappa shape index (κ3) is 6.52. The number of carbonyl (C=O) groups excluding carboxylic acids is 2. The maximum atomic E-state index is 14.8. The van der Waals surface area contributed by atoms with Crippen molar-refractivity contribution in [2.75, 3.05) is 6.54 Å². The lowest BCUT2D eigenvalue weighted by Crippen LogP contribution is -2.68. The standard InChI is InChI=1S/C48H65IN2O4/c1-29(2)36-18-22-47(43(55)51-27-30(3)33-12-10-13-34(26-33)41(52)50-28-32-11-9-14-35(25-32)42(53)54)23-24-48(49)37(40(36)47)15-16-39-45(7)20-17-31(4)44(5,6)38(45)19-21-46(39,48)8/h9-14,25-26,30-31,36-40H,1,15-24,27-28H2,2-8H3,(H,50,52)(H,51,55)(H,53,54)/t30?,31?,36-,37?,38?,39?,40?,45?,46?,47?,48?/m1/s1. The first-order valence-electron chi connectivity index (χ1n) is 21.2. The number of aromatic carboxylic acids is 1. The van der Waals surface area contributed by atoms with Gasteiger partial charge in [0.1, 0.15) is 0 Å². The molecule has 5 aliphatic carbocycles. The molecule has 6 nitrogen and oxygen atoms in total. The van der Waals surface area contributed by atoms with Gasteiger partial charge < -0.3 is 15.7 Å². The van der Waals surface area contributed by atoms with E-state index in [0.717, 1.165) is 54.6 Å². The van der Waals surface area contributed by atoms with E-state index >= 15 is 0 Å². The van der Waals surface area contributed by atoms with Gasteiger partial charge in [-0.1, -0.05) is 101 Å². The fourth-order valence-electron chi connectivity index (χ4n) is 13.9. The van der Waals surface area contributed by atoms with Crippen LogP contribution in [-0.4, -0.2) is 32.9 Å². The van der Waals surface area contributed by atoms with Crippen LogP contribution in [0.5, 0.6) is 0 Å². The second kappa shape index (κ2) is 14.6. The average molecular weight is 861 g/mol. The first-order chi connectivity index (χ1) is 25.9. The van der Waals surface area contributed by atoms with Gasteiger partial charge in [0.15, 0.2) is 0 Å². The lowest BCUT2D eigenvalue weighted by atomic mass is 9.35. The van der Waals surface area contributed by atoms with Crippen LogP contribution < -0.4 is 10.6 Å². The SMILES string of the molecule is C=C(C)[C@H]1CCC2(C(=O)NCC(C)c3cccc(C(=O)NCc4cccc(C(=O)O)c4)c3)CCC3(I)C(CCC4C5(C)CCC(C)C(C)(C)C5CCC43C)C12. The topological polar surface area (TPSA) is 95.5 Å². The van der Waals surface area contributed by atoms with Gasteiger partial charge in [-0.3, -0.25) is 9.59 Å². The molecule has 5 fully saturated rings. The Balaban J connectivity index is 1.06. The minimum atomic E-state index is -0.992. The van der Waals surface area contributed by atoms with Crippen LogP contribution in [0.15, 0.2) is 60.7 Å². The summed E-state index contributed by atoms with van der Waals surface area (Å²) in [5.74, 6) is 2.54. The summed E-state index contributed by atoms with van der Waals surface area (Å²) in [4.78, 5) is 39.4. The predicted octanol–water partition coefficient (Wildman–Crippen LogP) is 11.0. The van der Waals surface area contributed by atoms with Crippen molar-refractivity contribution in [1.82, 2.24) is 10.6 Å². The normalized spacial score (nSPS) is 38.0. The van der Waals surface area contributed by atoms with E-state index in [1.165, 1.54) is 44.1 Å². The van der Waals surface area contributed by atoms with Gasteiger partial charge in [0.05, 0.1) is 11.0 Å². The van der Waals surface area contributed by atoms with Crippen molar-refractivity contribution >= 4 is 40.4 Å². The smallest absolute Gasteiger partial charge is 0.335 e.